The van der Waals surface area contributed by atoms with Gasteiger partial charge in [-0.25, -0.2) is 0 Å². The smallest absolute Gasteiger partial charge is 0.227 e. The Morgan fingerprint density at radius 1 is 0.943 bits per heavy atom. The van der Waals surface area contributed by atoms with E-state index in [1.54, 1.807) is 0 Å². The number of rotatable bonds is 6. The molecular formula is C30H32ClN3O. The van der Waals surface area contributed by atoms with E-state index in [1.807, 2.05) is 25.1 Å². The average molecular weight is 486 g/mol. The summed E-state index contributed by atoms with van der Waals surface area (Å²) in [6.45, 7) is 7.60. The lowest BCUT2D eigenvalue weighted by atomic mass is 9.95. The molecule has 1 fully saturated rings. The third-order valence-corrected chi connectivity index (χ3v) is 7.36. The predicted octanol–water partition coefficient (Wildman–Crippen LogP) is 6.81. The number of aromatic nitrogens is 1. The molecule has 1 aromatic heterocycles. The van der Waals surface area contributed by atoms with Crippen LogP contribution in [0.3, 0.4) is 0 Å². The van der Waals surface area contributed by atoms with Crippen molar-refractivity contribution in [1.29, 1.82) is 0 Å². The summed E-state index contributed by atoms with van der Waals surface area (Å²) in [6, 6.07) is 25.2. The molecule has 0 radical (unpaired) electrons. The Balaban J connectivity index is 1.27. The number of aryl methyl sites for hydroxylation is 2. The Morgan fingerprint density at radius 2 is 1.74 bits per heavy atom. The monoisotopic (exact) mass is 485 g/mol. The number of para-hydroxylation sites is 1. The Kier molecular flexibility index (Phi) is 6.94. The first-order chi connectivity index (χ1) is 17.0. The van der Waals surface area contributed by atoms with Crippen molar-refractivity contribution in [3.05, 3.63) is 100 Å². The van der Waals surface area contributed by atoms with E-state index in [0.29, 0.717) is 0 Å². The summed E-state index contributed by atoms with van der Waals surface area (Å²) in [7, 11) is 0. The van der Waals surface area contributed by atoms with Crippen molar-refractivity contribution < 1.29 is 4.79 Å². The number of halogens is 1. The Labute approximate surface area is 212 Å². The van der Waals surface area contributed by atoms with Crippen LogP contribution >= 0.6 is 11.6 Å². The molecule has 0 bridgehead atoms. The highest BCUT2D eigenvalue weighted by Crippen LogP contribution is 2.26. The van der Waals surface area contributed by atoms with Crippen LogP contribution in [0.1, 0.15) is 35.2 Å². The fourth-order valence-corrected chi connectivity index (χ4v) is 5.30. The number of fused-ring (bicyclic) bond motifs is 1. The number of nitrogens with zero attached hydrogens (tertiary/aromatic N) is 2. The molecular weight excluding hydrogens is 454 g/mol. The second-order valence-electron chi connectivity index (χ2n) is 9.77. The minimum Gasteiger partial charge on any atom is -0.339 e. The molecule has 0 atom stereocenters. The zero-order valence-electron chi connectivity index (χ0n) is 20.4. The molecule has 0 unspecified atom stereocenters. The second kappa shape index (κ2) is 10.3. The van der Waals surface area contributed by atoms with E-state index in [-0.39, 0.29) is 11.8 Å². The van der Waals surface area contributed by atoms with Gasteiger partial charge in [0.05, 0.1) is 0 Å². The number of piperidine rings is 1. The molecule has 1 aliphatic rings. The lowest BCUT2D eigenvalue weighted by molar-refractivity contribution is -0.121. The summed E-state index contributed by atoms with van der Waals surface area (Å²) < 4.78 is 2.40. The standard InChI is InChI=1S/C30H32ClN3O/c1-21-10-11-22(2)28(16-21)32-30(35)24-12-14-33(15-13-24)20-27-18-25-7-3-4-9-29(25)34(27)19-23-6-5-8-26(31)17-23/h3-11,16-18,24H,12-15,19-20H2,1-2H3,(H,32,35). The summed E-state index contributed by atoms with van der Waals surface area (Å²) in [4.78, 5) is 15.4. The maximum absolute atomic E-state index is 13.0. The molecule has 5 rings (SSSR count). The van der Waals surface area contributed by atoms with E-state index in [0.717, 1.165) is 60.9 Å². The molecule has 1 saturated heterocycles. The Hall–Kier alpha value is -3.08. The molecule has 0 spiro atoms. The molecule has 4 nitrogen and oxygen atoms in total. The van der Waals surface area contributed by atoms with Crippen LogP contribution in [0.25, 0.3) is 10.9 Å². The quantitative estimate of drug-likeness (QED) is 0.325. The van der Waals surface area contributed by atoms with E-state index in [2.05, 4.69) is 76.3 Å². The van der Waals surface area contributed by atoms with Crippen LogP contribution < -0.4 is 5.32 Å². The van der Waals surface area contributed by atoms with Gasteiger partial charge >= 0.3 is 0 Å². The molecule has 35 heavy (non-hydrogen) atoms. The van der Waals surface area contributed by atoms with Crippen LogP contribution in [-0.2, 0) is 17.9 Å². The third kappa shape index (κ3) is 5.44. The lowest BCUT2D eigenvalue weighted by Crippen LogP contribution is -2.38. The fourth-order valence-electron chi connectivity index (χ4n) is 5.09. The van der Waals surface area contributed by atoms with Crippen LogP contribution in [0.4, 0.5) is 5.69 Å². The molecule has 5 heteroatoms. The Bertz CT molecular complexity index is 1350. The molecule has 4 aromatic rings. The summed E-state index contributed by atoms with van der Waals surface area (Å²) >= 11 is 6.26. The molecule has 3 aromatic carbocycles. The van der Waals surface area contributed by atoms with Gasteiger partial charge in [0.1, 0.15) is 0 Å². The highest BCUT2D eigenvalue weighted by Gasteiger charge is 2.26. The van der Waals surface area contributed by atoms with Gasteiger partial charge in [-0.1, -0.05) is 54.1 Å². The van der Waals surface area contributed by atoms with Crippen LogP contribution in [0, 0.1) is 19.8 Å². The summed E-state index contributed by atoms with van der Waals surface area (Å²) in [5, 5.41) is 5.19. The van der Waals surface area contributed by atoms with Gasteiger partial charge in [-0.15, -0.1) is 0 Å². The number of carbonyl (C=O) groups excluding carboxylic acids is 1. The fraction of sp³-hybridized carbons (Fsp3) is 0.300. The van der Waals surface area contributed by atoms with Crippen LogP contribution in [0.15, 0.2) is 72.8 Å². The summed E-state index contributed by atoms with van der Waals surface area (Å²) in [6.07, 6.45) is 1.76. The van der Waals surface area contributed by atoms with Crippen molar-refractivity contribution in [3.8, 4) is 0 Å². The van der Waals surface area contributed by atoms with Gasteiger partial charge in [0, 0.05) is 40.9 Å². The van der Waals surface area contributed by atoms with Gasteiger partial charge in [0.25, 0.3) is 0 Å². The Morgan fingerprint density at radius 3 is 2.54 bits per heavy atom. The first kappa shape index (κ1) is 23.7. The number of anilines is 1. The molecule has 1 N–H and O–H groups in total. The van der Waals surface area contributed by atoms with Gasteiger partial charge in [-0.2, -0.15) is 0 Å². The van der Waals surface area contributed by atoms with Crippen molar-refractivity contribution in [1.82, 2.24) is 9.47 Å². The lowest BCUT2D eigenvalue weighted by Gasteiger charge is -2.31. The first-order valence-corrected chi connectivity index (χ1v) is 12.8. The topological polar surface area (TPSA) is 37.3 Å². The van der Waals surface area contributed by atoms with Crippen molar-refractivity contribution >= 4 is 34.1 Å². The molecule has 2 heterocycles. The number of likely N-dealkylation sites (tertiary alicyclic amines) is 1. The van der Waals surface area contributed by atoms with Crippen molar-refractivity contribution in [3.63, 3.8) is 0 Å². The van der Waals surface area contributed by atoms with E-state index in [4.69, 9.17) is 11.6 Å². The predicted molar refractivity (Wildman–Crippen MR) is 145 cm³/mol. The van der Waals surface area contributed by atoms with E-state index < -0.39 is 0 Å². The zero-order valence-corrected chi connectivity index (χ0v) is 21.2. The highest BCUT2D eigenvalue weighted by molar-refractivity contribution is 6.30. The van der Waals surface area contributed by atoms with Gasteiger partial charge in [0.15, 0.2) is 0 Å². The highest BCUT2D eigenvalue weighted by atomic mass is 35.5. The van der Waals surface area contributed by atoms with Gasteiger partial charge in [-0.05, 0) is 92.2 Å². The number of carbonyl (C=O) groups is 1. The normalized spacial score (nSPS) is 14.9. The number of hydrogen-bond acceptors (Lipinski definition) is 2. The minimum atomic E-state index is 0.0588. The molecule has 1 amide bonds. The number of nitrogens with one attached hydrogen (secondary N) is 1. The van der Waals surface area contributed by atoms with E-state index >= 15 is 0 Å². The van der Waals surface area contributed by atoms with Gasteiger partial charge in [-0.3, -0.25) is 9.69 Å². The maximum atomic E-state index is 13.0. The van der Waals surface area contributed by atoms with Crippen molar-refractivity contribution in [2.45, 2.75) is 39.8 Å². The second-order valence-corrected chi connectivity index (χ2v) is 10.2. The largest absolute Gasteiger partial charge is 0.339 e. The SMILES string of the molecule is Cc1ccc(C)c(NC(=O)C2CCN(Cc3cc4ccccc4n3Cc3cccc(Cl)c3)CC2)c1. The van der Waals surface area contributed by atoms with Crippen LogP contribution in [0.2, 0.25) is 5.02 Å². The van der Waals surface area contributed by atoms with Gasteiger partial charge in [0.2, 0.25) is 5.91 Å². The van der Waals surface area contributed by atoms with Crippen molar-refractivity contribution in [2.24, 2.45) is 5.92 Å². The average Bonchev–Trinajstić information content (AvgIpc) is 3.18. The first-order valence-electron chi connectivity index (χ1n) is 12.4. The number of amides is 1. The number of benzene rings is 3. The van der Waals surface area contributed by atoms with Gasteiger partial charge < -0.3 is 9.88 Å². The van der Waals surface area contributed by atoms with E-state index in [9.17, 15) is 4.79 Å². The van der Waals surface area contributed by atoms with Crippen molar-refractivity contribution in [2.75, 3.05) is 18.4 Å². The summed E-state index contributed by atoms with van der Waals surface area (Å²) in [5.41, 5.74) is 6.93. The third-order valence-electron chi connectivity index (χ3n) is 7.12. The molecule has 180 valence electrons. The molecule has 0 saturated carbocycles. The minimum absolute atomic E-state index is 0.0588. The number of hydrogen-bond donors (Lipinski definition) is 1. The molecule has 1 aliphatic heterocycles. The zero-order chi connectivity index (χ0) is 24.4. The van der Waals surface area contributed by atoms with Crippen LogP contribution in [0.5, 0.6) is 0 Å². The van der Waals surface area contributed by atoms with E-state index in [1.165, 1.54) is 22.2 Å². The summed E-state index contributed by atoms with van der Waals surface area (Å²) in [5.74, 6) is 0.205. The van der Waals surface area contributed by atoms with Crippen LogP contribution in [-0.4, -0.2) is 28.5 Å². The maximum Gasteiger partial charge on any atom is 0.227 e. The molecule has 0 aliphatic carbocycles.